The first kappa shape index (κ1) is 11.2. The van der Waals surface area contributed by atoms with E-state index in [4.69, 9.17) is 16.7 Å². The molecule has 1 atom stereocenters. The predicted molar refractivity (Wildman–Crippen MR) is 61.4 cm³/mol. The Kier molecular flexibility index (Phi) is 3.03. The van der Waals surface area contributed by atoms with Gasteiger partial charge < -0.3 is 5.11 Å². The molecule has 86 valence electrons. The highest BCUT2D eigenvalue weighted by Crippen LogP contribution is 2.29. The van der Waals surface area contributed by atoms with Crippen LogP contribution in [0.4, 0.5) is 4.79 Å². The predicted octanol–water partition coefficient (Wildman–Crippen LogP) is 2.44. The van der Waals surface area contributed by atoms with E-state index in [0.29, 0.717) is 6.54 Å². The summed E-state index contributed by atoms with van der Waals surface area (Å²) in [7, 11) is 0. The van der Waals surface area contributed by atoms with Gasteiger partial charge >= 0.3 is 6.09 Å². The first-order valence-electron chi connectivity index (χ1n) is 5.12. The second-order valence-electron chi connectivity index (χ2n) is 3.88. The van der Waals surface area contributed by atoms with Crippen LogP contribution in [0.5, 0.6) is 0 Å². The molecule has 0 bridgehead atoms. The molecule has 0 spiro atoms. The number of hydrazine groups is 1. The third-order valence-electron chi connectivity index (χ3n) is 2.88. The topological polar surface area (TPSA) is 52.6 Å². The molecule has 1 unspecified atom stereocenters. The van der Waals surface area contributed by atoms with Gasteiger partial charge in [0, 0.05) is 11.6 Å². The SMILES string of the molecule is CC1c2ccc(Cl)cc2CCN1NC(=O)O. The maximum atomic E-state index is 10.6. The molecule has 2 N–H and O–H groups in total. The molecule has 0 aromatic heterocycles. The van der Waals surface area contributed by atoms with E-state index in [9.17, 15) is 4.79 Å². The zero-order valence-electron chi connectivity index (χ0n) is 8.90. The molecule has 0 saturated heterocycles. The minimum Gasteiger partial charge on any atom is -0.464 e. The van der Waals surface area contributed by atoms with Crippen molar-refractivity contribution in [3.05, 3.63) is 34.3 Å². The highest BCUT2D eigenvalue weighted by atomic mass is 35.5. The second-order valence-corrected chi connectivity index (χ2v) is 4.32. The molecule has 2 rings (SSSR count). The van der Waals surface area contributed by atoms with E-state index >= 15 is 0 Å². The average Bonchev–Trinajstić information content (AvgIpc) is 2.22. The van der Waals surface area contributed by atoms with E-state index < -0.39 is 6.09 Å². The summed E-state index contributed by atoms with van der Waals surface area (Å²) in [6.45, 7) is 2.64. The molecule has 1 aromatic rings. The number of carboxylic acid groups (broad SMARTS) is 1. The van der Waals surface area contributed by atoms with Crippen molar-refractivity contribution in [3.8, 4) is 0 Å². The van der Waals surface area contributed by atoms with Gasteiger partial charge in [-0.2, -0.15) is 0 Å². The van der Waals surface area contributed by atoms with Gasteiger partial charge in [0.1, 0.15) is 0 Å². The molecule has 4 nitrogen and oxygen atoms in total. The molecular weight excluding hydrogens is 228 g/mol. The van der Waals surface area contributed by atoms with Gasteiger partial charge in [0.15, 0.2) is 0 Å². The lowest BCUT2D eigenvalue weighted by molar-refractivity contribution is 0.106. The van der Waals surface area contributed by atoms with Gasteiger partial charge in [-0.3, -0.25) is 5.43 Å². The van der Waals surface area contributed by atoms with Gasteiger partial charge in [-0.05, 0) is 36.6 Å². The smallest absolute Gasteiger partial charge is 0.419 e. The van der Waals surface area contributed by atoms with Gasteiger partial charge in [0.2, 0.25) is 0 Å². The van der Waals surface area contributed by atoms with Crippen molar-refractivity contribution in [2.75, 3.05) is 6.54 Å². The van der Waals surface area contributed by atoms with Crippen molar-refractivity contribution in [3.63, 3.8) is 0 Å². The van der Waals surface area contributed by atoms with Crippen molar-refractivity contribution in [1.29, 1.82) is 0 Å². The fraction of sp³-hybridized carbons (Fsp3) is 0.364. The Labute approximate surface area is 98.8 Å². The van der Waals surface area contributed by atoms with Crippen LogP contribution < -0.4 is 5.43 Å². The number of hydrogen-bond donors (Lipinski definition) is 2. The number of nitrogens with one attached hydrogen (secondary N) is 1. The van der Waals surface area contributed by atoms with Gasteiger partial charge in [0.05, 0.1) is 6.04 Å². The molecule has 0 radical (unpaired) electrons. The van der Waals surface area contributed by atoms with Crippen molar-refractivity contribution in [2.24, 2.45) is 0 Å². The van der Waals surface area contributed by atoms with Gasteiger partial charge in [-0.1, -0.05) is 17.7 Å². The van der Waals surface area contributed by atoms with E-state index in [1.165, 1.54) is 5.56 Å². The Morgan fingerprint density at radius 2 is 2.38 bits per heavy atom. The Hall–Kier alpha value is -1.26. The summed E-state index contributed by atoms with van der Waals surface area (Å²) in [6, 6.07) is 5.78. The number of hydrogen-bond acceptors (Lipinski definition) is 2. The molecule has 1 aliphatic heterocycles. The summed E-state index contributed by atoms with van der Waals surface area (Å²) in [5.41, 5.74) is 4.73. The molecule has 1 aromatic carbocycles. The Balaban J connectivity index is 2.25. The molecule has 5 heteroatoms. The second kappa shape index (κ2) is 4.31. The molecular formula is C11H13ClN2O2. The number of fused-ring (bicyclic) bond motifs is 1. The van der Waals surface area contributed by atoms with Gasteiger partial charge in [-0.25, -0.2) is 9.80 Å². The first-order valence-corrected chi connectivity index (χ1v) is 5.50. The fourth-order valence-corrected chi connectivity index (χ4v) is 2.27. The molecule has 1 amide bonds. The van der Waals surface area contributed by atoms with E-state index in [-0.39, 0.29) is 6.04 Å². The van der Waals surface area contributed by atoms with E-state index in [1.807, 2.05) is 25.1 Å². The fourth-order valence-electron chi connectivity index (χ4n) is 2.08. The lowest BCUT2D eigenvalue weighted by Crippen LogP contribution is -2.46. The zero-order chi connectivity index (χ0) is 11.7. The standard InChI is InChI=1S/C11H13ClN2O2/c1-7-10-3-2-9(12)6-8(10)4-5-14(7)13-11(15)16/h2-3,6-7,13H,4-5H2,1H3,(H,15,16). The highest BCUT2D eigenvalue weighted by molar-refractivity contribution is 6.30. The van der Waals surface area contributed by atoms with Crippen LogP contribution in [0.1, 0.15) is 24.1 Å². The maximum absolute atomic E-state index is 10.6. The summed E-state index contributed by atoms with van der Waals surface area (Å²) >= 11 is 5.92. The van der Waals surface area contributed by atoms with Crippen molar-refractivity contribution in [2.45, 2.75) is 19.4 Å². The largest absolute Gasteiger partial charge is 0.464 e. The van der Waals surface area contributed by atoms with Crippen LogP contribution in [-0.2, 0) is 6.42 Å². The average molecular weight is 241 g/mol. The third kappa shape index (κ3) is 2.13. The van der Waals surface area contributed by atoms with Gasteiger partial charge in [-0.15, -0.1) is 0 Å². The van der Waals surface area contributed by atoms with Crippen LogP contribution >= 0.6 is 11.6 Å². The Bertz CT molecular complexity index is 422. The number of carbonyl (C=O) groups is 1. The summed E-state index contributed by atoms with van der Waals surface area (Å²) < 4.78 is 0. The molecule has 1 heterocycles. The van der Waals surface area contributed by atoms with Crippen molar-refractivity contribution < 1.29 is 9.90 Å². The number of halogens is 1. The van der Waals surface area contributed by atoms with E-state index in [2.05, 4.69) is 5.43 Å². The lowest BCUT2D eigenvalue weighted by atomic mass is 9.95. The third-order valence-corrected chi connectivity index (χ3v) is 3.12. The molecule has 0 saturated carbocycles. The monoisotopic (exact) mass is 240 g/mol. The minimum atomic E-state index is -1.02. The van der Waals surface area contributed by atoms with E-state index in [0.717, 1.165) is 17.0 Å². The van der Waals surface area contributed by atoms with Crippen LogP contribution in [0, 0.1) is 0 Å². The number of benzene rings is 1. The number of amides is 1. The molecule has 1 aliphatic rings. The molecule has 16 heavy (non-hydrogen) atoms. The Morgan fingerprint density at radius 1 is 1.62 bits per heavy atom. The van der Waals surface area contributed by atoms with Crippen LogP contribution in [0.15, 0.2) is 18.2 Å². The van der Waals surface area contributed by atoms with Crippen LogP contribution in [0.2, 0.25) is 5.02 Å². The quantitative estimate of drug-likeness (QED) is 0.793. The highest BCUT2D eigenvalue weighted by Gasteiger charge is 2.24. The van der Waals surface area contributed by atoms with E-state index in [1.54, 1.807) is 5.01 Å². The van der Waals surface area contributed by atoms with Crippen LogP contribution in [0.3, 0.4) is 0 Å². The molecule has 0 aliphatic carbocycles. The van der Waals surface area contributed by atoms with Crippen molar-refractivity contribution >= 4 is 17.7 Å². The zero-order valence-corrected chi connectivity index (χ0v) is 9.66. The molecule has 0 fully saturated rings. The Morgan fingerprint density at radius 3 is 3.06 bits per heavy atom. The summed E-state index contributed by atoms with van der Waals surface area (Å²) in [6.07, 6.45) is -0.218. The summed E-state index contributed by atoms with van der Waals surface area (Å²) in [5, 5.41) is 11.1. The van der Waals surface area contributed by atoms with Crippen LogP contribution in [0.25, 0.3) is 0 Å². The lowest BCUT2D eigenvalue weighted by Gasteiger charge is -2.34. The minimum absolute atomic E-state index is 0.0390. The first-order chi connectivity index (χ1) is 7.58. The summed E-state index contributed by atoms with van der Waals surface area (Å²) in [4.78, 5) is 10.6. The number of nitrogens with zero attached hydrogens (tertiary/aromatic N) is 1. The summed E-state index contributed by atoms with van der Waals surface area (Å²) in [5.74, 6) is 0. The van der Waals surface area contributed by atoms with Gasteiger partial charge in [0.25, 0.3) is 0 Å². The normalized spacial score (nSPS) is 20.2. The number of rotatable bonds is 1. The maximum Gasteiger partial charge on any atom is 0.419 e. The van der Waals surface area contributed by atoms with Crippen LogP contribution in [-0.4, -0.2) is 22.8 Å². The van der Waals surface area contributed by atoms with Crippen molar-refractivity contribution in [1.82, 2.24) is 10.4 Å².